The Morgan fingerprint density at radius 2 is 1.45 bits per heavy atom. The van der Waals surface area contributed by atoms with Gasteiger partial charge < -0.3 is 15.4 Å². The lowest BCUT2D eigenvalue weighted by Gasteiger charge is -2.11. The molecule has 10 heteroatoms. The molecule has 0 unspecified atom stereocenters. The van der Waals surface area contributed by atoms with Crippen LogP contribution in [0.15, 0.2) is 120 Å². The minimum absolute atomic E-state index is 0.181. The molecule has 0 aliphatic heterocycles. The first-order valence-corrected chi connectivity index (χ1v) is 12.9. The number of nitrogens with zero attached hydrogens (tertiary/aromatic N) is 3. The smallest absolute Gasteiger partial charge is 0.329 e. The third-order valence-corrected chi connectivity index (χ3v) is 6.15. The number of hydrogen-bond donors (Lipinski definition) is 3. The number of methoxy groups -OCH3 is 1. The van der Waals surface area contributed by atoms with E-state index >= 15 is 0 Å². The Morgan fingerprint density at radius 3 is 2.17 bits per heavy atom. The highest BCUT2D eigenvalue weighted by Gasteiger charge is 2.18. The number of benzene rings is 4. The van der Waals surface area contributed by atoms with Crippen LogP contribution in [0.2, 0.25) is 0 Å². The summed E-state index contributed by atoms with van der Waals surface area (Å²) in [5, 5.41) is 14.0. The number of anilines is 2. The maximum Gasteiger partial charge on any atom is 0.329 e. The second-order valence-corrected chi connectivity index (χ2v) is 8.96. The van der Waals surface area contributed by atoms with E-state index in [0.29, 0.717) is 22.7 Å². The van der Waals surface area contributed by atoms with E-state index < -0.39 is 17.7 Å². The molecule has 4 aromatic carbocycles. The molecule has 0 saturated heterocycles. The van der Waals surface area contributed by atoms with E-state index in [9.17, 15) is 14.4 Å². The fraction of sp³-hybridized carbons (Fsp3) is 0.0312. The number of amides is 3. The van der Waals surface area contributed by atoms with Crippen LogP contribution in [0.1, 0.15) is 15.9 Å². The largest absolute Gasteiger partial charge is 0.497 e. The van der Waals surface area contributed by atoms with Crippen molar-refractivity contribution in [3.8, 4) is 22.7 Å². The molecule has 3 N–H and O–H groups in total. The molecule has 5 rings (SSSR count). The second kappa shape index (κ2) is 12.9. The lowest BCUT2D eigenvalue weighted by Crippen LogP contribution is -2.33. The van der Waals surface area contributed by atoms with Crippen LogP contribution in [0.25, 0.3) is 16.9 Å². The van der Waals surface area contributed by atoms with E-state index in [1.165, 1.54) is 12.3 Å². The van der Waals surface area contributed by atoms with Gasteiger partial charge in [-0.05, 0) is 60.7 Å². The molecule has 0 radical (unpaired) electrons. The van der Waals surface area contributed by atoms with E-state index in [1.54, 1.807) is 60.5 Å². The highest BCUT2D eigenvalue weighted by molar-refractivity contribution is 6.40. The van der Waals surface area contributed by atoms with Crippen LogP contribution in [0.4, 0.5) is 11.4 Å². The van der Waals surface area contributed by atoms with Gasteiger partial charge in [-0.25, -0.2) is 10.1 Å². The minimum Gasteiger partial charge on any atom is -0.497 e. The molecule has 5 aromatic rings. The lowest BCUT2D eigenvalue weighted by molar-refractivity contribution is -0.136. The topological polar surface area (TPSA) is 127 Å². The van der Waals surface area contributed by atoms with Crippen molar-refractivity contribution in [3.05, 3.63) is 127 Å². The average molecular weight is 559 g/mol. The number of carbonyl (C=O) groups excluding carboxylic acids is 3. The number of carbonyl (C=O) groups is 3. The van der Waals surface area contributed by atoms with Gasteiger partial charge in [-0.2, -0.15) is 10.2 Å². The molecular formula is C32H26N6O4. The zero-order chi connectivity index (χ0) is 29.3. The lowest BCUT2D eigenvalue weighted by atomic mass is 10.1. The predicted molar refractivity (Wildman–Crippen MR) is 161 cm³/mol. The number of nitrogens with one attached hydrogen (secondary N) is 3. The fourth-order valence-corrected chi connectivity index (χ4v) is 4.07. The summed E-state index contributed by atoms with van der Waals surface area (Å²) in [6.45, 7) is 0. The summed E-state index contributed by atoms with van der Waals surface area (Å²) in [4.78, 5) is 38.1. The van der Waals surface area contributed by atoms with Crippen molar-refractivity contribution >= 4 is 35.3 Å². The highest BCUT2D eigenvalue weighted by Crippen LogP contribution is 2.25. The Balaban J connectivity index is 1.30. The maximum atomic E-state index is 12.8. The molecule has 10 nitrogen and oxygen atoms in total. The van der Waals surface area contributed by atoms with Crippen LogP contribution in [0.3, 0.4) is 0 Å². The van der Waals surface area contributed by atoms with E-state index in [4.69, 9.17) is 9.84 Å². The van der Waals surface area contributed by atoms with E-state index in [-0.39, 0.29) is 11.3 Å². The Labute approximate surface area is 241 Å². The first-order chi connectivity index (χ1) is 20.5. The number of rotatable bonds is 8. The molecule has 0 bridgehead atoms. The zero-order valence-corrected chi connectivity index (χ0v) is 22.5. The molecule has 1 heterocycles. The van der Waals surface area contributed by atoms with Gasteiger partial charge in [0.2, 0.25) is 0 Å². The van der Waals surface area contributed by atoms with Crippen LogP contribution >= 0.6 is 0 Å². The SMILES string of the molecule is COc1ccc(-c2nn(-c3ccccc3)cc2C=NNC(=O)C(=O)Nc2ccccc2C(=O)Nc2ccccc2)cc1. The summed E-state index contributed by atoms with van der Waals surface area (Å²) in [6, 6.07) is 32.2. The van der Waals surface area contributed by atoms with E-state index in [2.05, 4.69) is 21.2 Å². The average Bonchev–Trinajstić information content (AvgIpc) is 3.46. The van der Waals surface area contributed by atoms with Crippen LogP contribution in [-0.4, -0.2) is 40.8 Å². The molecule has 0 aliphatic rings. The zero-order valence-electron chi connectivity index (χ0n) is 22.5. The number of aromatic nitrogens is 2. The van der Waals surface area contributed by atoms with Crippen molar-refractivity contribution in [1.29, 1.82) is 0 Å². The fourth-order valence-electron chi connectivity index (χ4n) is 4.07. The molecule has 3 amide bonds. The monoisotopic (exact) mass is 558 g/mol. The predicted octanol–water partition coefficient (Wildman–Crippen LogP) is 4.89. The summed E-state index contributed by atoms with van der Waals surface area (Å²) >= 11 is 0. The number of hydrogen-bond acceptors (Lipinski definition) is 6. The maximum absolute atomic E-state index is 12.8. The molecule has 0 atom stereocenters. The summed E-state index contributed by atoms with van der Waals surface area (Å²) in [7, 11) is 1.59. The molecule has 0 fully saturated rings. The van der Waals surface area contributed by atoms with Crippen LogP contribution in [-0.2, 0) is 9.59 Å². The van der Waals surface area contributed by atoms with Crippen LogP contribution in [0.5, 0.6) is 5.75 Å². The van der Waals surface area contributed by atoms with Crippen LogP contribution in [0, 0.1) is 0 Å². The van der Waals surface area contributed by atoms with E-state index in [0.717, 1.165) is 11.3 Å². The van der Waals surface area contributed by atoms with Gasteiger partial charge in [0.25, 0.3) is 5.91 Å². The molecule has 0 spiro atoms. The van der Waals surface area contributed by atoms with Gasteiger partial charge in [0.15, 0.2) is 0 Å². The Morgan fingerprint density at radius 1 is 0.786 bits per heavy atom. The van der Waals surface area contributed by atoms with E-state index in [1.807, 2.05) is 60.7 Å². The van der Waals surface area contributed by atoms with Crippen molar-refractivity contribution < 1.29 is 19.1 Å². The summed E-state index contributed by atoms with van der Waals surface area (Å²) in [5.41, 5.74) is 6.09. The molecule has 208 valence electrons. The number of ether oxygens (including phenoxy) is 1. The second-order valence-electron chi connectivity index (χ2n) is 8.96. The van der Waals surface area contributed by atoms with Gasteiger partial charge in [-0.1, -0.05) is 48.5 Å². The first-order valence-electron chi connectivity index (χ1n) is 12.9. The van der Waals surface area contributed by atoms with Crippen molar-refractivity contribution in [2.24, 2.45) is 5.10 Å². The minimum atomic E-state index is -1.01. The molecular weight excluding hydrogens is 532 g/mol. The molecule has 0 aliphatic carbocycles. The van der Waals surface area contributed by atoms with Crippen LogP contribution < -0.4 is 20.8 Å². The molecule has 1 aromatic heterocycles. The van der Waals surface area contributed by atoms with Crippen molar-refractivity contribution in [1.82, 2.24) is 15.2 Å². The summed E-state index contributed by atoms with van der Waals surface area (Å²) in [5.74, 6) is -1.72. The first kappa shape index (κ1) is 27.5. The Kier molecular flexibility index (Phi) is 8.44. The standard InChI is InChI=1S/C32H26N6O4/c1-42-26-18-16-22(17-19-26)29-23(21-38(37-29)25-12-6-3-7-13-25)20-33-36-32(41)31(40)35-28-15-9-8-14-27(28)30(39)34-24-10-4-2-5-11-24/h2-21H,1H3,(H,34,39)(H,35,40)(H,36,41). The normalized spacial score (nSPS) is 10.7. The Hall–Kier alpha value is -6.03. The Bertz CT molecular complexity index is 1730. The summed E-state index contributed by atoms with van der Waals surface area (Å²) in [6.07, 6.45) is 3.19. The van der Waals surface area contributed by atoms with Gasteiger partial charge in [-0.3, -0.25) is 14.4 Å². The van der Waals surface area contributed by atoms with Crippen molar-refractivity contribution in [3.63, 3.8) is 0 Å². The van der Waals surface area contributed by atoms with Crippen molar-refractivity contribution in [2.45, 2.75) is 0 Å². The summed E-state index contributed by atoms with van der Waals surface area (Å²) < 4.78 is 6.95. The highest BCUT2D eigenvalue weighted by atomic mass is 16.5. The number of para-hydroxylation sites is 3. The van der Waals surface area contributed by atoms with Gasteiger partial charge in [0.1, 0.15) is 11.4 Å². The van der Waals surface area contributed by atoms with Crippen molar-refractivity contribution in [2.75, 3.05) is 17.7 Å². The molecule has 42 heavy (non-hydrogen) atoms. The number of hydrazone groups is 1. The van der Waals surface area contributed by atoms with Gasteiger partial charge in [-0.15, -0.1) is 0 Å². The van der Waals surface area contributed by atoms with Gasteiger partial charge in [0, 0.05) is 23.0 Å². The third kappa shape index (κ3) is 6.57. The molecule has 0 saturated carbocycles. The quantitative estimate of drug-likeness (QED) is 0.142. The third-order valence-electron chi connectivity index (χ3n) is 6.15. The van der Waals surface area contributed by atoms with Gasteiger partial charge >= 0.3 is 11.8 Å². The van der Waals surface area contributed by atoms with Gasteiger partial charge in [0.05, 0.1) is 30.3 Å².